The molecule has 0 radical (unpaired) electrons. The largest absolute Gasteiger partial charge is 0.352 e. The van der Waals surface area contributed by atoms with Crippen LogP contribution in [0.2, 0.25) is 15.1 Å². The van der Waals surface area contributed by atoms with Gasteiger partial charge in [-0.25, -0.2) is 0 Å². The number of halogens is 3. The Bertz CT molecular complexity index is 1190. The first kappa shape index (κ1) is 29.4. The standard InChI is InChI=1S/C29H31Cl3N2O2S/c1-3-20(2)33-29(36)27(16-21-9-5-4-6-10-21)34(17-22-13-14-25(31)26(32)15-22)28(35)19-37-18-23-11-7-8-12-24(23)30/h4-15,20,27H,3,16-19H2,1-2H3,(H,33,36). The molecule has 0 aromatic heterocycles. The zero-order chi connectivity index (χ0) is 26.8. The number of benzene rings is 3. The summed E-state index contributed by atoms with van der Waals surface area (Å²) >= 11 is 20.2. The fourth-order valence-corrected chi connectivity index (χ4v) is 5.29. The van der Waals surface area contributed by atoms with Gasteiger partial charge in [-0.1, -0.05) is 96.3 Å². The molecule has 0 fully saturated rings. The molecule has 1 N–H and O–H groups in total. The van der Waals surface area contributed by atoms with Crippen molar-refractivity contribution in [1.29, 1.82) is 0 Å². The minimum atomic E-state index is -0.695. The first-order valence-corrected chi connectivity index (χ1v) is 14.5. The molecule has 0 heterocycles. The van der Waals surface area contributed by atoms with Crippen molar-refractivity contribution in [2.24, 2.45) is 0 Å². The summed E-state index contributed by atoms with van der Waals surface area (Å²) in [5.74, 6) is 0.481. The molecule has 0 aliphatic heterocycles. The van der Waals surface area contributed by atoms with Gasteiger partial charge in [0.15, 0.2) is 0 Å². The van der Waals surface area contributed by atoms with Gasteiger partial charge in [0.1, 0.15) is 6.04 Å². The molecule has 8 heteroatoms. The van der Waals surface area contributed by atoms with Crippen molar-refractivity contribution in [3.8, 4) is 0 Å². The van der Waals surface area contributed by atoms with Crippen LogP contribution in [0.4, 0.5) is 0 Å². The molecular weight excluding hydrogens is 547 g/mol. The Labute approximate surface area is 238 Å². The Morgan fingerprint density at radius 3 is 2.27 bits per heavy atom. The van der Waals surface area contributed by atoms with Gasteiger partial charge in [-0.05, 0) is 48.2 Å². The Kier molecular flexibility index (Phi) is 11.7. The molecular formula is C29H31Cl3N2O2S. The average molecular weight is 578 g/mol. The van der Waals surface area contributed by atoms with Crippen molar-refractivity contribution in [1.82, 2.24) is 10.2 Å². The van der Waals surface area contributed by atoms with Crippen LogP contribution in [-0.4, -0.2) is 34.6 Å². The second kappa shape index (κ2) is 14.7. The predicted molar refractivity (Wildman–Crippen MR) is 156 cm³/mol. The zero-order valence-corrected chi connectivity index (χ0v) is 24.0. The molecule has 37 heavy (non-hydrogen) atoms. The highest BCUT2D eigenvalue weighted by Crippen LogP contribution is 2.26. The van der Waals surface area contributed by atoms with E-state index in [-0.39, 0.29) is 30.2 Å². The highest BCUT2D eigenvalue weighted by molar-refractivity contribution is 7.99. The van der Waals surface area contributed by atoms with Gasteiger partial charge in [0, 0.05) is 29.8 Å². The number of carbonyl (C=O) groups is 2. The molecule has 0 aliphatic rings. The first-order valence-electron chi connectivity index (χ1n) is 12.2. The lowest BCUT2D eigenvalue weighted by atomic mass is 10.0. The lowest BCUT2D eigenvalue weighted by Crippen LogP contribution is -2.52. The van der Waals surface area contributed by atoms with Crippen molar-refractivity contribution in [3.63, 3.8) is 0 Å². The van der Waals surface area contributed by atoms with E-state index in [4.69, 9.17) is 34.8 Å². The third-order valence-electron chi connectivity index (χ3n) is 6.05. The van der Waals surface area contributed by atoms with Gasteiger partial charge in [0.2, 0.25) is 11.8 Å². The van der Waals surface area contributed by atoms with Gasteiger partial charge < -0.3 is 10.2 Å². The quantitative estimate of drug-likeness (QED) is 0.243. The summed E-state index contributed by atoms with van der Waals surface area (Å²) in [7, 11) is 0. The maximum absolute atomic E-state index is 13.7. The smallest absolute Gasteiger partial charge is 0.243 e. The Morgan fingerprint density at radius 2 is 1.59 bits per heavy atom. The summed E-state index contributed by atoms with van der Waals surface area (Å²) in [5, 5.41) is 4.59. The number of thioether (sulfide) groups is 1. The van der Waals surface area contributed by atoms with Crippen molar-refractivity contribution >= 4 is 58.4 Å². The third-order valence-corrected chi connectivity index (χ3v) is 8.12. The number of carbonyl (C=O) groups excluding carboxylic acids is 2. The lowest BCUT2D eigenvalue weighted by Gasteiger charge is -2.32. The van der Waals surface area contributed by atoms with Crippen molar-refractivity contribution in [3.05, 3.63) is 105 Å². The fraction of sp³-hybridized carbons (Fsp3) is 0.310. The number of nitrogens with one attached hydrogen (secondary N) is 1. The van der Waals surface area contributed by atoms with Gasteiger partial charge in [0.05, 0.1) is 15.8 Å². The second-order valence-corrected chi connectivity index (χ2v) is 11.1. The molecule has 3 rings (SSSR count). The van der Waals surface area contributed by atoms with Crippen LogP contribution >= 0.6 is 46.6 Å². The summed E-state index contributed by atoms with van der Waals surface area (Å²) in [6.45, 7) is 4.21. The Balaban J connectivity index is 1.89. The Morgan fingerprint density at radius 1 is 0.892 bits per heavy atom. The first-order chi connectivity index (χ1) is 17.8. The van der Waals surface area contributed by atoms with Gasteiger partial charge in [-0.3, -0.25) is 9.59 Å². The highest BCUT2D eigenvalue weighted by Gasteiger charge is 2.31. The van der Waals surface area contributed by atoms with E-state index in [0.717, 1.165) is 23.1 Å². The van der Waals surface area contributed by atoms with E-state index >= 15 is 0 Å². The minimum absolute atomic E-state index is 0.0118. The molecule has 0 bridgehead atoms. The number of hydrogen-bond acceptors (Lipinski definition) is 3. The van der Waals surface area contributed by atoms with Crippen LogP contribution < -0.4 is 5.32 Å². The summed E-state index contributed by atoms with van der Waals surface area (Å²) in [5.41, 5.74) is 2.74. The van der Waals surface area contributed by atoms with E-state index in [1.54, 1.807) is 17.0 Å². The maximum Gasteiger partial charge on any atom is 0.243 e. The van der Waals surface area contributed by atoms with Crippen molar-refractivity contribution in [2.75, 3.05) is 5.75 Å². The van der Waals surface area contributed by atoms with Gasteiger partial charge in [-0.2, -0.15) is 0 Å². The lowest BCUT2D eigenvalue weighted by molar-refractivity contribution is -0.139. The Hall–Kier alpha value is -2.18. The fourth-order valence-electron chi connectivity index (χ4n) is 3.78. The van der Waals surface area contributed by atoms with Crippen LogP contribution in [-0.2, 0) is 28.3 Å². The summed E-state index contributed by atoms with van der Waals surface area (Å²) in [6, 6.07) is 21.9. The molecule has 2 amide bonds. The van der Waals surface area contributed by atoms with Crippen LogP contribution in [0.5, 0.6) is 0 Å². The molecule has 2 atom stereocenters. The predicted octanol–water partition coefficient (Wildman–Crippen LogP) is 7.43. The van der Waals surface area contributed by atoms with Crippen LogP contribution in [0.25, 0.3) is 0 Å². The normalized spacial score (nSPS) is 12.6. The van der Waals surface area contributed by atoms with E-state index in [0.29, 0.717) is 27.2 Å². The van der Waals surface area contributed by atoms with E-state index < -0.39 is 6.04 Å². The summed E-state index contributed by atoms with van der Waals surface area (Å²) in [4.78, 5) is 28.9. The molecule has 0 aliphatic carbocycles. The van der Waals surface area contributed by atoms with Crippen LogP contribution in [0, 0.1) is 0 Å². The molecule has 0 saturated heterocycles. The van der Waals surface area contributed by atoms with E-state index in [1.165, 1.54) is 11.8 Å². The molecule has 0 spiro atoms. The molecule has 3 aromatic rings. The van der Waals surface area contributed by atoms with Gasteiger partial charge in [-0.15, -0.1) is 11.8 Å². The van der Waals surface area contributed by atoms with Crippen molar-refractivity contribution in [2.45, 2.75) is 51.1 Å². The van der Waals surface area contributed by atoms with Crippen LogP contribution in [0.3, 0.4) is 0 Å². The highest BCUT2D eigenvalue weighted by atomic mass is 35.5. The maximum atomic E-state index is 13.7. The average Bonchev–Trinajstić information content (AvgIpc) is 2.89. The monoisotopic (exact) mass is 576 g/mol. The zero-order valence-electron chi connectivity index (χ0n) is 20.9. The molecule has 3 aromatic carbocycles. The molecule has 2 unspecified atom stereocenters. The number of rotatable bonds is 12. The van der Waals surface area contributed by atoms with E-state index in [9.17, 15) is 9.59 Å². The topological polar surface area (TPSA) is 49.4 Å². The summed E-state index contributed by atoms with van der Waals surface area (Å²) in [6.07, 6.45) is 1.18. The molecule has 0 saturated carbocycles. The SMILES string of the molecule is CCC(C)NC(=O)C(Cc1ccccc1)N(Cc1ccc(Cl)c(Cl)c1)C(=O)CSCc1ccccc1Cl. The minimum Gasteiger partial charge on any atom is -0.352 e. The number of nitrogens with zero attached hydrogens (tertiary/aromatic N) is 1. The van der Waals surface area contributed by atoms with Crippen LogP contribution in [0.15, 0.2) is 72.8 Å². The van der Waals surface area contributed by atoms with Crippen LogP contribution in [0.1, 0.15) is 37.0 Å². The second-order valence-electron chi connectivity index (χ2n) is 8.88. The number of amides is 2. The van der Waals surface area contributed by atoms with E-state index in [1.807, 2.05) is 74.5 Å². The summed E-state index contributed by atoms with van der Waals surface area (Å²) < 4.78 is 0. The third kappa shape index (κ3) is 8.96. The molecule has 4 nitrogen and oxygen atoms in total. The molecule has 196 valence electrons. The van der Waals surface area contributed by atoms with Crippen molar-refractivity contribution < 1.29 is 9.59 Å². The van der Waals surface area contributed by atoms with E-state index in [2.05, 4.69) is 5.32 Å². The number of hydrogen-bond donors (Lipinski definition) is 1. The van der Waals surface area contributed by atoms with Gasteiger partial charge in [0.25, 0.3) is 0 Å². The van der Waals surface area contributed by atoms with Gasteiger partial charge >= 0.3 is 0 Å².